The van der Waals surface area contributed by atoms with Crippen molar-refractivity contribution in [3.8, 4) is 0 Å². The van der Waals surface area contributed by atoms with Crippen molar-refractivity contribution in [2.45, 2.75) is 11.4 Å². The number of halogens is 4. The number of nitrogens with one attached hydrogen (secondary N) is 1. The van der Waals surface area contributed by atoms with Crippen molar-refractivity contribution < 1.29 is 21.6 Å². The minimum atomic E-state index is -3.96. The fourth-order valence-corrected chi connectivity index (χ4v) is 3.66. The lowest BCUT2D eigenvalue weighted by atomic mass is 10.2. The van der Waals surface area contributed by atoms with Gasteiger partial charge in [0.1, 0.15) is 17.5 Å². The molecule has 112 valence electrons. The largest absolute Gasteiger partial charge is 0.241 e. The van der Waals surface area contributed by atoms with Gasteiger partial charge in [-0.3, -0.25) is 0 Å². The van der Waals surface area contributed by atoms with E-state index in [9.17, 15) is 21.6 Å². The van der Waals surface area contributed by atoms with Gasteiger partial charge in [0.2, 0.25) is 10.0 Å². The Morgan fingerprint density at radius 1 is 1.00 bits per heavy atom. The van der Waals surface area contributed by atoms with Crippen LogP contribution >= 0.6 is 15.9 Å². The third-order valence-corrected chi connectivity index (χ3v) is 5.03. The predicted molar refractivity (Wildman–Crippen MR) is 74.5 cm³/mol. The lowest BCUT2D eigenvalue weighted by Gasteiger charge is -2.09. The highest BCUT2D eigenvalue weighted by Crippen LogP contribution is 2.23. The lowest BCUT2D eigenvalue weighted by molar-refractivity contribution is 0.562. The summed E-state index contributed by atoms with van der Waals surface area (Å²) in [6.07, 6.45) is 0. The minimum Gasteiger partial charge on any atom is -0.207 e. The van der Waals surface area contributed by atoms with Crippen molar-refractivity contribution in [2.24, 2.45) is 0 Å². The molecule has 8 heteroatoms. The highest BCUT2D eigenvalue weighted by atomic mass is 79.9. The van der Waals surface area contributed by atoms with Crippen LogP contribution in [-0.2, 0) is 16.6 Å². The quantitative estimate of drug-likeness (QED) is 0.885. The zero-order valence-electron chi connectivity index (χ0n) is 10.4. The predicted octanol–water partition coefficient (Wildman–Crippen LogP) is 3.34. The molecule has 0 aliphatic heterocycles. The van der Waals surface area contributed by atoms with E-state index < -0.39 is 27.5 Å². The Kier molecular flexibility index (Phi) is 4.70. The van der Waals surface area contributed by atoms with Crippen molar-refractivity contribution in [1.82, 2.24) is 4.72 Å². The molecule has 0 amide bonds. The zero-order valence-corrected chi connectivity index (χ0v) is 12.8. The van der Waals surface area contributed by atoms with E-state index in [0.29, 0.717) is 6.07 Å². The van der Waals surface area contributed by atoms with Crippen LogP contribution in [0.1, 0.15) is 5.56 Å². The summed E-state index contributed by atoms with van der Waals surface area (Å²) in [5.74, 6) is -2.19. The van der Waals surface area contributed by atoms with Crippen LogP contribution in [0, 0.1) is 17.5 Å². The molecule has 21 heavy (non-hydrogen) atoms. The number of sulfonamides is 1. The van der Waals surface area contributed by atoms with Gasteiger partial charge in [-0.15, -0.1) is 0 Å². The molecule has 0 saturated heterocycles. The molecule has 0 heterocycles. The second-order valence-electron chi connectivity index (χ2n) is 4.14. The fraction of sp³-hybridized carbons (Fsp3) is 0.0769. The van der Waals surface area contributed by atoms with E-state index >= 15 is 0 Å². The summed E-state index contributed by atoms with van der Waals surface area (Å²) in [7, 11) is -3.96. The van der Waals surface area contributed by atoms with Crippen LogP contribution < -0.4 is 4.72 Å². The van der Waals surface area contributed by atoms with E-state index in [4.69, 9.17) is 0 Å². The summed E-state index contributed by atoms with van der Waals surface area (Å²) >= 11 is 2.95. The van der Waals surface area contributed by atoms with Crippen LogP contribution in [0.2, 0.25) is 0 Å². The molecule has 0 aromatic heterocycles. The third-order valence-electron chi connectivity index (χ3n) is 2.65. The minimum absolute atomic E-state index is 0.00166. The SMILES string of the molecule is O=S(=O)(NCc1ccc(F)cc1F)c1ccc(F)cc1Br. The van der Waals surface area contributed by atoms with Gasteiger partial charge >= 0.3 is 0 Å². The molecule has 0 unspecified atom stereocenters. The van der Waals surface area contributed by atoms with Gasteiger partial charge in [0.05, 0.1) is 4.90 Å². The van der Waals surface area contributed by atoms with E-state index in [2.05, 4.69) is 20.7 Å². The highest BCUT2D eigenvalue weighted by molar-refractivity contribution is 9.10. The Labute approximate surface area is 128 Å². The van der Waals surface area contributed by atoms with Gasteiger partial charge in [-0.05, 0) is 40.2 Å². The van der Waals surface area contributed by atoms with E-state index in [1.165, 1.54) is 0 Å². The molecule has 1 N–H and O–H groups in total. The Hall–Kier alpha value is -1.38. The third kappa shape index (κ3) is 3.84. The summed E-state index contributed by atoms with van der Waals surface area (Å²) in [5.41, 5.74) is -0.00166. The number of hydrogen-bond acceptors (Lipinski definition) is 2. The van der Waals surface area contributed by atoms with E-state index in [1.807, 2.05) is 0 Å². The van der Waals surface area contributed by atoms with Gasteiger partial charge < -0.3 is 0 Å². The first kappa shape index (κ1) is 16.0. The van der Waals surface area contributed by atoms with Crippen molar-refractivity contribution in [2.75, 3.05) is 0 Å². The second-order valence-corrected chi connectivity index (χ2v) is 6.72. The van der Waals surface area contributed by atoms with Gasteiger partial charge in [-0.1, -0.05) is 6.07 Å². The van der Waals surface area contributed by atoms with Crippen LogP contribution in [0.15, 0.2) is 45.8 Å². The summed E-state index contributed by atoms with van der Waals surface area (Å²) in [4.78, 5) is -0.175. The summed E-state index contributed by atoms with van der Waals surface area (Å²) in [6, 6.07) is 5.93. The molecule has 2 aromatic carbocycles. The molecule has 0 radical (unpaired) electrons. The van der Waals surface area contributed by atoms with Crippen molar-refractivity contribution in [3.63, 3.8) is 0 Å². The van der Waals surface area contributed by atoms with Crippen LogP contribution in [0.5, 0.6) is 0 Å². The highest BCUT2D eigenvalue weighted by Gasteiger charge is 2.18. The van der Waals surface area contributed by atoms with Crippen LogP contribution in [0.3, 0.4) is 0 Å². The van der Waals surface area contributed by atoms with Gasteiger partial charge in [-0.25, -0.2) is 26.3 Å². The summed E-state index contributed by atoms with van der Waals surface area (Å²) in [5, 5.41) is 0. The first-order valence-electron chi connectivity index (χ1n) is 5.68. The van der Waals surface area contributed by atoms with Gasteiger partial charge in [0, 0.05) is 22.6 Å². The van der Waals surface area contributed by atoms with E-state index in [-0.39, 0.29) is 21.5 Å². The summed E-state index contributed by atoms with van der Waals surface area (Å²) < 4.78 is 65.5. The number of hydrogen-bond donors (Lipinski definition) is 1. The Morgan fingerprint density at radius 2 is 1.62 bits per heavy atom. The van der Waals surface area contributed by atoms with Crippen molar-refractivity contribution >= 4 is 26.0 Å². The maximum atomic E-state index is 13.4. The number of benzene rings is 2. The molecule has 3 nitrogen and oxygen atoms in total. The average Bonchev–Trinajstić information content (AvgIpc) is 2.37. The van der Waals surface area contributed by atoms with Crippen molar-refractivity contribution in [3.05, 3.63) is 63.9 Å². The molecule has 0 atom stereocenters. The van der Waals surface area contributed by atoms with Crippen LogP contribution in [0.25, 0.3) is 0 Å². The zero-order chi connectivity index (χ0) is 15.6. The fourth-order valence-electron chi connectivity index (χ4n) is 1.61. The van der Waals surface area contributed by atoms with E-state index in [0.717, 1.165) is 30.3 Å². The maximum Gasteiger partial charge on any atom is 0.241 e. The Morgan fingerprint density at radius 3 is 2.24 bits per heavy atom. The monoisotopic (exact) mass is 379 g/mol. The Balaban J connectivity index is 2.22. The van der Waals surface area contributed by atoms with E-state index in [1.54, 1.807) is 0 Å². The molecule has 0 aliphatic carbocycles. The normalized spacial score (nSPS) is 11.6. The second kappa shape index (κ2) is 6.17. The maximum absolute atomic E-state index is 13.4. The Bertz CT molecular complexity index is 781. The molecular weight excluding hydrogens is 371 g/mol. The smallest absolute Gasteiger partial charge is 0.207 e. The van der Waals surface area contributed by atoms with Crippen molar-refractivity contribution in [1.29, 1.82) is 0 Å². The van der Waals surface area contributed by atoms with Gasteiger partial charge in [0.15, 0.2) is 0 Å². The first-order chi connectivity index (χ1) is 9.79. The lowest BCUT2D eigenvalue weighted by Crippen LogP contribution is -2.24. The van der Waals surface area contributed by atoms with Crippen LogP contribution in [-0.4, -0.2) is 8.42 Å². The molecule has 2 rings (SSSR count). The molecule has 0 aliphatic rings. The molecule has 0 bridgehead atoms. The van der Waals surface area contributed by atoms with Crippen LogP contribution in [0.4, 0.5) is 13.2 Å². The molecule has 2 aromatic rings. The average molecular weight is 380 g/mol. The summed E-state index contributed by atoms with van der Waals surface area (Å²) in [6.45, 7) is -0.349. The molecule has 0 saturated carbocycles. The first-order valence-corrected chi connectivity index (χ1v) is 7.96. The molecular formula is C13H9BrF3NO2S. The molecule has 0 fully saturated rings. The van der Waals surface area contributed by atoms with Gasteiger partial charge in [0.25, 0.3) is 0 Å². The van der Waals surface area contributed by atoms with Gasteiger partial charge in [-0.2, -0.15) is 0 Å². The standard InChI is InChI=1S/C13H9BrF3NO2S/c14-11-5-9(15)3-4-13(11)21(19,20)18-7-8-1-2-10(16)6-12(8)17/h1-6,18H,7H2. The molecule has 0 spiro atoms. The number of rotatable bonds is 4. The topological polar surface area (TPSA) is 46.2 Å².